The Bertz CT molecular complexity index is 515. The van der Waals surface area contributed by atoms with Gasteiger partial charge in [0.2, 0.25) is 5.89 Å². The number of pyridine rings is 1. The van der Waals surface area contributed by atoms with Gasteiger partial charge in [-0.3, -0.25) is 0 Å². The van der Waals surface area contributed by atoms with Crippen molar-refractivity contribution in [3.8, 4) is 0 Å². The Morgan fingerprint density at radius 2 is 2.24 bits per heavy atom. The molecule has 0 aliphatic carbocycles. The highest BCUT2D eigenvalue weighted by Crippen LogP contribution is 2.23. The van der Waals surface area contributed by atoms with Crippen molar-refractivity contribution >= 4 is 37.7 Å². The molecule has 0 aliphatic rings. The molecular weight excluding hydrogens is 352 g/mol. The number of aryl methyl sites for hydroxylation is 1. The van der Waals surface area contributed by atoms with Crippen LogP contribution in [0.4, 0.5) is 5.82 Å². The summed E-state index contributed by atoms with van der Waals surface area (Å²) in [5, 5.41) is 6.92. The molecule has 0 aliphatic heterocycles. The van der Waals surface area contributed by atoms with Gasteiger partial charge in [-0.15, -0.1) is 0 Å². The van der Waals surface area contributed by atoms with Crippen LogP contribution in [0.15, 0.2) is 25.7 Å². The molecule has 90 valence electrons. The third-order valence-electron chi connectivity index (χ3n) is 2.01. The van der Waals surface area contributed by atoms with E-state index in [1.807, 2.05) is 6.07 Å². The van der Waals surface area contributed by atoms with Crippen molar-refractivity contribution in [2.24, 2.45) is 0 Å². The van der Waals surface area contributed by atoms with Gasteiger partial charge in [0.05, 0.1) is 4.47 Å². The van der Waals surface area contributed by atoms with Crippen molar-refractivity contribution < 1.29 is 4.52 Å². The Balaban J connectivity index is 1.90. The first kappa shape index (κ1) is 12.5. The summed E-state index contributed by atoms with van der Waals surface area (Å²) in [6, 6.07) is 1.94. The Kier molecular flexibility index (Phi) is 4.11. The van der Waals surface area contributed by atoms with Crippen molar-refractivity contribution in [1.29, 1.82) is 0 Å². The quantitative estimate of drug-likeness (QED) is 0.906. The van der Waals surface area contributed by atoms with Crippen molar-refractivity contribution in [2.45, 2.75) is 13.3 Å². The molecule has 0 amide bonds. The largest absolute Gasteiger partial charge is 0.369 e. The van der Waals surface area contributed by atoms with Gasteiger partial charge in [-0.05, 0) is 44.8 Å². The molecule has 0 saturated heterocycles. The van der Waals surface area contributed by atoms with E-state index >= 15 is 0 Å². The zero-order valence-electron chi connectivity index (χ0n) is 9.07. The van der Waals surface area contributed by atoms with Gasteiger partial charge in [-0.1, -0.05) is 5.16 Å². The molecule has 2 aromatic heterocycles. The number of rotatable bonds is 4. The van der Waals surface area contributed by atoms with E-state index in [1.54, 1.807) is 13.1 Å². The molecule has 1 N–H and O–H groups in total. The smallest absolute Gasteiger partial charge is 0.228 e. The number of anilines is 1. The predicted molar refractivity (Wildman–Crippen MR) is 70.9 cm³/mol. The summed E-state index contributed by atoms with van der Waals surface area (Å²) < 4.78 is 6.85. The van der Waals surface area contributed by atoms with Crippen LogP contribution in [-0.2, 0) is 6.42 Å². The Labute approximate surface area is 115 Å². The van der Waals surface area contributed by atoms with Crippen molar-refractivity contribution in [3.63, 3.8) is 0 Å². The second-order valence-corrected chi connectivity index (χ2v) is 5.17. The van der Waals surface area contributed by atoms with E-state index in [4.69, 9.17) is 4.52 Å². The maximum Gasteiger partial charge on any atom is 0.228 e. The Hall–Kier alpha value is -0.950. The summed E-state index contributed by atoms with van der Waals surface area (Å²) in [7, 11) is 0. The number of hydrogen-bond acceptors (Lipinski definition) is 5. The monoisotopic (exact) mass is 360 g/mol. The molecule has 0 fully saturated rings. The number of nitrogens with one attached hydrogen (secondary N) is 1. The summed E-state index contributed by atoms with van der Waals surface area (Å²) in [6.45, 7) is 2.49. The molecule has 7 heteroatoms. The first-order chi connectivity index (χ1) is 8.15. The average molecular weight is 362 g/mol. The lowest BCUT2D eigenvalue weighted by molar-refractivity contribution is 0.377. The van der Waals surface area contributed by atoms with Gasteiger partial charge in [0.1, 0.15) is 5.82 Å². The molecule has 0 aromatic carbocycles. The molecule has 0 radical (unpaired) electrons. The van der Waals surface area contributed by atoms with E-state index in [-0.39, 0.29) is 0 Å². The third-order valence-corrected chi connectivity index (χ3v) is 3.05. The zero-order valence-corrected chi connectivity index (χ0v) is 12.2. The molecule has 0 spiro atoms. The minimum atomic E-state index is 0.628. The average Bonchev–Trinajstić information content (AvgIpc) is 2.68. The fourth-order valence-electron chi connectivity index (χ4n) is 1.27. The summed E-state index contributed by atoms with van der Waals surface area (Å²) in [5.41, 5.74) is 0. The van der Waals surface area contributed by atoms with Crippen LogP contribution in [-0.4, -0.2) is 21.7 Å². The van der Waals surface area contributed by atoms with E-state index in [2.05, 4.69) is 52.3 Å². The second kappa shape index (κ2) is 5.59. The molecule has 0 bridgehead atoms. The first-order valence-electron chi connectivity index (χ1n) is 4.99. The van der Waals surface area contributed by atoms with Gasteiger partial charge >= 0.3 is 0 Å². The number of aromatic nitrogens is 3. The van der Waals surface area contributed by atoms with Crippen LogP contribution in [0.2, 0.25) is 0 Å². The standard InChI is InChI=1S/C10H10Br2N4O/c1-6-15-9(17-16-6)2-3-13-10-8(12)4-7(11)5-14-10/h4-5H,2-3H2,1H3,(H,13,14). The minimum Gasteiger partial charge on any atom is -0.369 e. The van der Waals surface area contributed by atoms with Crippen molar-refractivity contribution in [1.82, 2.24) is 15.1 Å². The van der Waals surface area contributed by atoms with Crippen LogP contribution < -0.4 is 5.32 Å². The highest BCUT2D eigenvalue weighted by molar-refractivity contribution is 9.11. The fourth-order valence-corrected chi connectivity index (χ4v) is 2.40. The number of nitrogens with zero attached hydrogens (tertiary/aromatic N) is 3. The zero-order chi connectivity index (χ0) is 12.3. The van der Waals surface area contributed by atoms with Crippen LogP contribution in [0.25, 0.3) is 0 Å². The van der Waals surface area contributed by atoms with E-state index in [0.717, 1.165) is 14.8 Å². The van der Waals surface area contributed by atoms with Crippen LogP contribution in [0, 0.1) is 6.92 Å². The Morgan fingerprint density at radius 1 is 1.41 bits per heavy atom. The van der Waals surface area contributed by atoms with Crippen LogP contribution in [0.3, 0.4) is 0 Å². The van der Waals surface area contributed by atoms with Gasteiger partial charge in [0, 0.05) is 23.6 Å². The molecule has 0 unspecified atom stereocenters. The summed E-state index contributed by atoms with van der Waals surface area (Å²) in [6.07, 6.45) is 2.41. The summed E-state index contributed by atoms with van der Waals surface area (Å²) >= 11 is 6.78. The molecule has 2 aromatic rings. The van der Waals surface area contributed by atoms with E-state index in [9.17, 15) is 0 Å². The summed E-state index contributed by atoms with van der Waals surface area (Å²) in [5.74, 6) is 2.08. The number of halogens is 2. The highest BCUT2D eigenvalue weighted by atomic mass is 79.9. The van der Waals surface area contributed by atoms with Crippen molar-refractivity contribution in [2.75, 3.05) is 11.9 Å². The second-order valence-electron chi connectivity index (χ2n) is 3.40. The van der Waals surface area contributed by atoms with Crippen molar-refractivity contribution in [3.05, 3.63) is 32.9 Å². The van der Waals surface area contributed by atoms with Crippen LogP contribution in [0.1, 0.15) is 11.7 Å². The Morgan fingerprint density at radius 3 is 2.88 bits per heavy atom. The lowest BCUT2D eigenvalue weighted by Gasteiger charge is -2.05. The van der Waals surface area contributed by atoms with E-state index < -0.39 is 0 Å². The first-order valence-corrected chi connectivity index (χ1v) is 6.58. The van der Waals surface area contributed by atoms with E-state index in [1.165, 1.54) is 0 Å². The molecule has 17 heavy (non-hydrogen) atoms. The molecule has 2 rings (SSSR count). The SMILES string of the molecule is Cc1noc(CCNc2ncc(Br)cc2Br)n1. The lowest BCUT2D eigenvalue weighted by atomic mass is 10.4. The minimum absolute atomic E-state index is 0.628. The predicted octanol–water partition coefficient (Wildman–Crippen LogP) is 2.95. The maximum absolute atomic E-state index is 5.01. The molecule has 0 saturated carbocycles. The normalized spacial score (nSPS) is 10.5. The topological polar surface area (TPSA) is 63.8 Å². The molecule has 0 atom stereocenters. The molecular formula is C10H10Br2N4O. The fraction of sp³-hybridized carbons (Fsp3) is 0.300. The maximum atomic E-state index is 5.01. The van der Waals surface area contributed by atoms with Gasteiger partial charge in [-0.25, -0.2) is 4.98 Å². The van der Waals surface area contributed by atoms with Crippen LogP contribution >= 0.6 is 31.9 Å². The van der Waals surface area contributed by atoms with E-state index in [0.29, 0.717) is 24.7 Å². The van der Waals surface area contributed by atoms with Gasteiger partial charge in [0.25, 0.3) is 0 Å². The van der Waals surface area contributed by atoms with Gasteiger partial charge < -0.3 is 9.84 Å². The molecule has 5 nitrogen and oxygen atoms in total. The summed E-state index contributed by atoms with van der Waals surface area (Å²) in [4.78, 5) is 8.36. The van der Waals surface area contributed by atoms with Crippen LogP contribution in [0.5, 0.6) is 0 Å². The van der Waals surface area contributed by atoms with Gasteiger partial charge in [-0.2, -0.15) is 4.98 Å². The highest BCUT2D eigenvalue weighted by Gasteiger charge is 2.04. The molecule has 2 heterocycles. The third kappa shape index (κ3) is 3.50. The number of hydrogen-bond donors (Lipinski definition) is 1. The van der Waals surface area contributed by atoms with Gasteiger partial charge in [0.15, 0.2) is 5.82 Å². The lowest BCUT2D eigenvalue weighted by Crippen LogP contribution is -2.07.